The normalized spacial score (nSPS) is 13.2. The Kier molecular flexibility index (Phi) is 6.98. The highest BCUT2D eigenvalue weighted by Crippen LogP contribution is 2.35. The molecule has 4 nitrogen and oxygen atoms in total. The molecule has 155 valence electrons. The number of allylic oxidation sites excluding steroid dienone is 2. The second-order valence-electron chi connectivity index (χ2n) is 6.94. The van der Waals surface area contributed by atoms with Crippen LogP contribution in [0.1, 0.15) is 18.3 Å². The molecule has 3 aromatic rings. The number of H-pyrrole nitrogens is 1. The Bertz CT molecular complexity index is 1320. The highest BCUT2D eigenvalue weighted by atomic mass is 14.9. The van der Waals surface area contributed by atoms with Gasteiger partial charge in [0.05, 0.1) is 0 Å². The summed E-state index contributed by atoms with van der Waals surface area (Å²) in [5.74, 6) is 0. The molecule has 0 unspecified atom stereocenters. The summed E-state index contributed by atoms with van der Waals surface area (Å²) in [4.78, 5) is 7.68. The molecule has 5 heteroatoms. The Hall–Kier alpha value is -3.73. The standard InChI is InChI=1S/C26H28BN4/c1-7-13-19-21(8-2)30-22(9-3)25(19)26-20-14-11-12-15-24(20)31(23(26)10-4)27-18(16-28-5)17-29-6/h7-17,28,30H,1,3-4H2,2,5-6H3/b18-16+,19-13+,21-8+,29-17?. The van der Waals surface area contributed by atoms with E-state index in [1.807, 2.05) is 56.8 Å². The summed E-state index contributed by atoms with van der Waals surface area (Å²) < 4.78 is 2.16. The van der Waals surface area contributed by atoms with Gasteiger partial charge in [0.1, 0.15) is 0 Å². The molecule has 2 aromatic heterocycles. The molecule has 31 heavy (non-hydrogen) atoms. The van der Waals surface area contributed by atoms with Gasteiger partial charge >= 0.3 is 0 Å². The van der Waals surface area contributed by atoms with Crippen LogP contribution in [0.4, 0.5) is 0 Å². The summed E-state index contributed by atoms with van der Waals surface area (Å²) in [6, 6.07) is 8.37. The smallest absolute Gasteiger partial charge is 0.294 e. The van der Waals surface area contributed by atoms with Crippen molar-refractivity contribution in [2.24, 2.45) is 4.99 Å². The monoisotopic (exact) mass is 407 g/mol. The number of aliphatic imine (C=N–C) groups is 1. The van der Waals surface area contributed by atoms with Gasteiger partial charge in [-0.05, 0) is 36.8 Å². The Morgan fingerprint density at radius 1 is 1.16 bits per heavy atom. The van der Waals surface area contributed by atoms with Gasteiger partial charge in [0.15, 0.2) is 0 Å². The van der Waals surface area contributed by atoms with Crippen LogP contribution in [0.5, 0.6) is 0 Å². The van der Waals surface area contributed by atoms with Crippen molar-refractivity contribution in [1.29, 1.82) is 0 Å². The first-order valence-electron chi connectivity index (χ1n) is 10.2. The number of nitrogens with one attached hydrogen (secondary N) is 2. The zero-order chi connectivity index (χ0) is 22.4. The zero-order valence-electron chi connectivity index (χ0n) is 18.4. The lowest BCUT2D eigenvalue weighted by Gasteiger charge is -2.09. The lowest BCUT2D eigenvalue weighted by atomic mass is 9.82. The van der Waals surface area contributed by atoms with E-state index in [2.05, 4.69) is 71.2 Å². The van der Waals surface area contributed by atoms with E-state index in [1.54, 1.807) is 7.05 Å². The molecular formula is C26H28BN4. The fourth-order valence-electron chi connectivity index (χ4n) is 3.95. The quantitative estimate of drug-likeness (QED) is 0.432. The minimum atomic E-state index is 0.943. The van der Waals surface area contributed by atoms with Gasteiger partial charge in [-0.15, -0.1) is 0 Å². The number of aromatic nitrogens is 2. The average molecular weight is 407 g/mol. The Morgan fingerprint density at radius 3 is 2.55 bits per heavy atom. The summed E-state index contributed by atoms with van der Waals surface area (Å²) in [6.07, 6.45) is 13.4. The van der Waals surface area contributed by atoms with Crippen LogP contribution in [0.3, 0.4) is 0 Å². The Balaban J connectivity index is 2.48. The van der Waals surface area contributed by atoms with Crippen LogP contribution in [0, 0.1) is 0 Å². The van der Waals surface area contributed by atoms with Crippen LogP contribution in [-0.2, 0) is 0 Å². The largest absolute Gasteiger partial charge is 0.394 e. The van der Waals surface area contributed by atoms with Gasteiger partial charge in [0.25, 0.3) is 7.41 Å². The van der Waals surface area contributed by atoms with E-state index in [4.69, 9.17) is 0 Å². The molecular weight excluding hydrogens is 379 g/mol. The summed E-state index contributed by atoms with van der Waals surface area (Å²) >= 11 is 0. The molecule has 0 fully saturated rings. The van der Waals surface area contributed by atoms with Gasteiger partial charge in [-0.3, -0.25) is 4.99 Å². The number of hydrogen-bond acceptors (Lipinski definition) is 2. The van der Waals surface area contributed by atoms with Crippen LogP contribution >= 0.6 is 0 Å². The molecule has 0 aliphatic rings. The SMILES string of the molecule is C=C/C=c1/c(-c2c(C=C)n([B]/C(C=NC)=C/NC)c3ccccc23)c(C=C)[nH]/c1=C/C. The highest BCUT2D eigenvalue weighted by Gasteiger charge is 2.21. The van der Waals surface area contributed by atoms with E-state index in [-0.39, 0.29) is 0 Å². The Morgan fingerprint density at radius 2 is 1.94 bits per heavy atom. The molecule has 2 heterocycles. The number of hydrogen-bond donors (Lipinski definition) is 2. The summed E-state index contributed by atoms with van der Waals surface area (Å²) in [5, 5.41) is 6.34. The molecule has 1 aromatic carbocycles. The lowest BCUT2D eigenvalue weighted by molar-refractivity contribution is 1.10. The van der Waals surface area contributed by atoms with E-state index < -0.39 is 0 Å². The molecule has 3 rings (SSSR count). The molecule has 0 aliphatic carbocycles. The molecule has 0 saturated carbocycles. The predicted molar refractivity (Wildman–Crippen MR) is 139 cm³/mol. The second kappa shape index (κ2) is 9.85. The third-order valence-electron chi connectivity index (χ3n) is 5.13. The van der Waals surface area contributed by atoms with Gasteiger partial charge in [-0.25, -0.2) is 0 Å². The molecule has 2 N–H and O–H groups in total. The molecule has 0 atom stereocenters. The Labute approximate surface area is 184 Å². The third kappa shape index (κ3) is 3.99. The van der Waals surface area contributed by atoms with Crippen LogP contribution in [0.15, 0.2) is 66.7 Å². The van der Waals surface area contributed by atoms with Crippen LogP contribution < -0.4 is 15.9 Å². The summed E-state index contributed by atoms with van der Waals surface area (Å²) in [5.41, 5.74) is 6.18. The van der Waals surface area contributed by atoms with Gasteiger partial charge in [-0.1, -0.05) is 56.2 Å². The first-order valence-corrected chi connectivity index (χ1v) is 10.2. The van der Waals surface area contributed by atoms with Gasteiger partial charge in [0, 0.05) is 64.3 Å². The van der Waals surface area contributed by atoms with Crippen LogP contribution in [0.2, 0.25) is 0 Å². The highest BCUT2D eigenvalue weighted by molar-refractivity contribution is 6.52. The molecule has 0 bridgehead atoms. The summed E-state index contributed by atoms with van der Waals surface area (Å²) in [6.45, 7) is 14.1. The lowest BCUT2D eigenvalue weighted by Crippen LogP contribution is -2.23. The van der Waals surface area contributed by atoms with Crippen LogP contribution in [-0.4, -0.2) is 37.2 Å². The van der Waals surface area contributed by atoms with Crippen molar-refractivity contribution in [2.75, 3.05) is 14.1 Å². The van der Waals surface area contributed by atoms with E-state index in [0.29, 0.717) is 0 Å². The predicted octanol–water partition coefficient (Wildman–Crippen LogP) is 3.92. The number of rotatable bonds is 8. The van der Waals surface area contributed by atoms with Crippen molar-refractivity contribution >= 4 is 48.8 Å². The van der Waals surface area contributed by atoms with Gasteiger partial charge < -0.3 is 14.8 Å². The summed E-state index contributed by atoms with van der Waals surface area (Å²) in [7, 11) is 5.71. The number of nitrogens with zero attached hydrogens (tertiary/aromatic N) is 2. The van der Waals surface area contributed by atoms with Crippen molar-refractivity contribution in [3.8, 4) is 11.1 Å². The first-order chi connectivity index (χ1) is 15.1. The van der Waals surface area contributed by atoms with Gasteiger partial charge in [0.2, 0.25) is 0 Å². The fraction of sp³-hybridized carbons (Fsp3) is 0.115. The molecule has 0 aliphatic heterocycles. The molecule has 0 amide bonds. The fourth-order valence-corrected chi connectivity index (χ4v) is 3.95. The van der Waals surface area contributed by atoms with Crippen molar-refractivity contribution in [2.45, 2.75) is 6.92 Å². The van der Waals surface area contributed by atoms with Gasteiger partial charge in [-0.2, -0.15) is 0 Å². The van der Waals surface area contributed by atoms with E-state index in [0.717, 1.165) is 49.5 Å². The second-order valence-corrected chi connectivity index (χ2v) is 6.94. The maximum absolute atomic E-state index is 4.19. The van der Waals surface area contributed by atoms with Crippen molar-refractivity contribution in [3.63, 3.8) is 0 Å². The first kappa shape index (κ1) is 22.0. The average Bonchev–Trinajstić information content (AvgIpc) is 3.28. The minimum Gasteiger partial charge on any atom is -0.394 e. The molecule has 0 saturated heterocycles. The zero-order valence-corrected chi connectivity index (χ0v) is 18.4. The van der Waals surface area contributed by atoms with Crippen LogP contribution in [0.25, 0.3) is 46.3 Å². The number of aromatic amines is 1. The molecule has 0 spiro atoms. The van der Waals surface area contributed by atoms with Crippen molar-refractivity contribution < 1.29 is 0 Å². The maximum atomic E-state index is 4.19. The van der Waals surface area contributed by atoms with E-state index >= 15 is 0 Å². The number of benzene rings is 1. The molecule has 1 radical (unpaired) electrons. The minimum absolute atomic E-state index is 0.943. The van der Waals surface area contributed by atoms with Crippen molar-refractivity contribution in [1.82, 2.24) is 14.8 Å². The topological polar surface area (TPSA) is 45.1 Å². The number of para-hydroxylation sites is 1. The maximum Gasteiger partial charge on any atom is 0.294 e. The van der Waals surface area contributed by atoms with E-state index in [1.165, 1.54) is 0 Å². The number of fused-ring (bicyclic) bond motifs is 1. The third-order valence-corrected chi connectivity index (χ3v) is 5.13. The van der Waals surface area contributed by atoms with E-state index in [9.17, 15) is 0 Å². The van der Waals surface area contributed by atoms with Crippen molar-refractivity contribution in [3.05, 3.63) is 83.7 Å².